The van der Waals surface area contributed by atoms with E-state index in [4.69, 9.17) is 0 Å². The largest absolute Gasteiger partial charge is 0.340 e. The van der Waals surface area contributed by atoms with Gasteiger partial charge < -0.3 is 5.32 Å². The maximum Gasteiger partial charge on any atom is 0.334 e. The van der Waals surface area contributed by atoms with Crippen molar-refractivity contribution >= 4 is 39.5 Å². The van der Waals surface area contributed by atoms with Crippen LogP contribution in [0.4, 0.5) is 4.79 Å². The van der Waals surface area contributed by atoms with Crippen LogP contribution in [-0.2, 0) is 0 Å². The van der Waals surface area contributed by atoms with Gasteiger partial charge in [-0.25, -0.2) is 10.2 Å². The average Bonchev–Trinajstić information content (AvgIpc) is 2.52. The SMILES string of the molecule is CNC(=O)N/N=C/c1sccc1Br. The van der Waals surface area contributed by atoms with E-state index in [1.165, 1.54) is 7.05 Å². The van der Waals surface area contributed by atoms with Gasteiger partial charge in [-0.1, -0.05) is 0 Å². The van der Waals surface area contributed by atoms with E-state index >= 15 is 0 Å². The Labute approximate surface area is 88.2 Å². The third kappa shape index (κ3) is 3.16. The van der Waals surface area contributed by atoms with Crippen LogP contribution >= 0.6 is 27.3 Å². The molecule has 0 aromatic carbocycles. The van der Waals surface area contributed by atoms with Crippen molar-refractivity contribution in [2.45, 2.75) is 0 Å². The van der Waals surface area contributed by atoms with Gasteiger partial charge in [0, 0.05) is 11.5 Å². The fraction of sp³-hybridized carbons (Fsp3) is 0.143. The van der Waals surface area contributed by atoms with Crippen molar-refractivity contribution in [3.63, 3.8) is 0 Å². The molecule has 0 aliphatic rings. The molecule has 1 heterocycles. The summed E-state index contributed by atoms with van der Waals surface area (Å²) in [5.74, 6) is 0. The van der Waals surface area contributed by atoms with Gasteiger partial charge in [0.05, 0.1) is 11.1 Å². The first-order valence-electron chi connectivity index (χ1n) is 3.48. The highest BCUT2D eigenvalue weighted by Gasteiger charge is 1.96. The predicted molar refractivity (Wildman–Crippen MR) is 57.2 cm³/mol. The number of halogens is 1. The van der Waals surface area contributed by atoms with Crippen LogP contribution in [-0.4, -0.2) is 19.3 Å². The van der Waals surface area contributed by atoms with Crippen molar-refractivity contribution in [3.05, 3.63) is 20.8 Å². The van der Waals surface area contributed by atoms with Gasteiger partial charge >= 0.3 is 6.03 Å². The summed E-state index contributed by atoms with van der Waals surface area (Å²) >= 11 is 4.88. The van der Waals surface area contributed by atoms with E-state index in [2.05, 4.69) is 31.8 Å². The number of nitrogens with zero attached hydrogens (tertiary/aromatic N) is 1. The molecule has 1 aromatic rings. The summed E-state index contributed by atoms with van der Waals surface area (Å²) in [5.41, 5.74) is 2.30. The number of rotatable bonds is 2. The Balaban J connectivity index is 2.50. The normalized spacial score (nSPS) is 10.3. The fourth-order valence-corrected chi connectivity index (χ4v) is 1.94. The minimum absolute atomic E-state index is 0.330. The third-order valence-corrected chi connectivity index (χ3v) is 3.03. The van der Waals surface area contributed by atoms with E-state index in [1.807, 2.05) is 11.4 Å². The number of nitrogens with one attached hydrogen (secondary N) is 2. The van der Waals surface area contributed by atoms with Gasteiger partial charge in [0.15, 0.2) is 0 Å². The van der Waals surface area contributed by atoms with Crippen LogP contribution in [0.1, 0.15) is 4.88 Å². The molecule has 1 rings (SSSR count). The summed E-state index contributed by atoms with van der Waals surface area (Å²) in [5, 5.41) is 8.06. The Morgan fingerprint density at radius 3 is 3.08 bits per heavy atom. The van der Waals surface area contributed by atoms with E-state index in [-0.39, 0.29) is 6.03 Å². The standard InChI is InChI=1S/C7H8BrN3OS/c1-9-7(12)11-10-4-6-5(8)2-3-13-6/h2-4H,1H3,(H2,9,11,12)/b10-4+. The molecule has 2 amide bonds. The van der Waals surface area contributed by atoms with E-state index < -0.39 is 0 Å². The lowest BCUT2D eigenvalue weighted by molar-refractivity contribution is 0.243. The molecule has 0 atom stereocenters. The van der Waals surface area contributed by atoms with Crippen LogP contribution in [0.25, 0.3) is 0 Å². The van der Waals surface area contributed by atoms with Gasteiger partial charge in [-0.3, -0.25) is 0 Å². The highest BCUT2D eigenvalue weighted by atomic mass is 79.9. The molecule has 2 N–H and O–H groups in total. The fourth-order valence-electron chi connectivity index (χ4n) is 0.603. The minimum Gasteiger partial charge on any atom is -0.340 e. The van der Waals surface area contributed by atoms with Crippen molar-refractivity contribution in [2.24, 2.45) is 5.10 Å². The van der Waals surface area contributed by atoms with E-state index in [1.54, 1.807) is 17.6 Å². The lowest BCUT2D eigenvalue weighted by Crippen LogP contribution is -2.28. The van der Waals surface area contributed by atoms with E-state index in [9.17, 15) is 4.79 Å². The number of amides is 2. The third-order valence-electron chi connectivity index (χ3n) is 1.22. The highest BCUT2D eigenvalue weighted by Crippen LogP contribution is 2.20. The van der Waals surface area contributed by atoms with E-state index in [0.29, 0.717) is 0 Å². The monoisotopic (exact) mass is 261 g/mol. The Kier molecular flexibility index (Phi) is 3.91. The van der Waals surface area contributed by atoms with Crippen molar-refractivity contribution in [1.29, 1.82) is 0 Å². The van der Waals surface area contributed by atoms with Crippen LogP contribution in [0.3, 0.4) is 0 Å². The van der Waals surface area contributed by atoms with Crippen molar-refractivity contribution < 1.29 is 4.79 Å². The van der Waals surface area contributed by atoms with Gasteiger partial charge in [0.1, 0.15) is 0 Å². The molecule has 0 saturated carbocycles. The zero-order chi connectivity index (χ0) is 9.68. The average molecular weight is 262 g/mol. The summed E-state index contributed by atoms with van der Waals surface area (Å²) in [6.45, 7) is 0. The Morgan fingerprint density at radius 1 is 1.77 bits per heavy atom. The summed E-state index contributed by atoms with van der Waals surface area (Å²) < 4.78 is 0.972. The molecule has 4 nitrogen and oxygen atoms in total. The first kappa shape index (κ1) is 10.2. The molecular formula is C7H8BrN3OS. The summed E-state index contributed by atoms with van der Waals surface area (Å²) in [4.78, 5) is 11.6. The summed E-state index contributed by atoms with van der Waals surface area (Å²) in [6.07, 6.45) is 1.59. The molecule has 0 saturated heterocycles. The number of carbonyl (C=O) groups excluding carboxylic acids is 1. The first-order valence-corrected chi connectivity index (χ1v) is 5.15. The number of thiophene rings is 1. The molecule has 0 fully saturated rings. The van der Waals surface area contributed by atoms with Gasteiger partial charge in [-0.2, -0.15) is 5.10 Å². The van der Waals surface area contributed by atoms with Gasteiger partial charge in [-0.05, 0) is 27.4 Å². The second-order valence-electron chi connectivity index (χ2n) is 2.08. The Bertz CT molecular complexity index is 323. The molecule has 0 bridgehead atoms. The van der Waals surface area contributed by atoms with Crippen molar-refractivity contribution in [2.75, 3.05) is 7.05 Å². The maximum atomic E-state index is 10.7. The Hall–Kier alpha value is -0.880. The topological polar surface area (TPSA) is 53.5 Å². The summed E-state index contributed by atoms with van der Waals surface area (Å²) in [7, 11) is 1.53. The maximum absolute atomic E-state index is 10.7. The molecule has 0 aliphatic carbocycles. The predicted octanol–water partition coefficient (Wildman–Crippen LogP) is 1.77. The van der Waals surface area contributed by atoms with Crippen molar-refractivity contribution in [3.8, 4) is 0 Å². The highest BCUT2D eigenvalue weighted by molar-refractivity contribution is 9.10. The minimum atomic E-state index is -0.330. The number of hydrazone groups is 1. The molecule has 0 unspecified atom stereocenters. The molecule has 1 aromatic heterocycles. The van der Waals surface area contributed by atoms with E-state index in [0.717, 1.165) is 9.35 Å². The molecule has 0 aliphatic heterocycles. The van der Waals surface area contributed by atoms with Crippen LogP contribution in [0.5, 0.6) is 0 Å². The molecule has 6 heteroatoms. The van der Waals surface area contributed by atoms with Crippen molar-refractivity contribution in [1.82, 2.24) is 10.7 Å². The first-order chi connectivity index (χ1) is 6.24. The van der Waals surface area contributed by atoms with Crippen LogP contribution in [0.2, 0.25) is 0 Å². The quantitative estimate of drug-likeness (QED) is 0.619. The molecule has 0 spiro atoms. The smallest absolute Gasteiger partial charge is 0.334 e. The Morgan fingerprint density at radius 2 is 2.54 bits per heavy atom. The molecule has 13 heavy (non-hydrogen) atoms. The molecule has 0 radical (unpaired) electrons. The number of urea groups is 1. The summed E-state index contributed by atoms with van der Waals surface area (Å²) in [6, 6.07) is 1.59. The molecular weight excluding hydrogens is 254 g/mol. The zero-order valence-electron chi connectivity index (χ0n) is 6.87. The second-order valence-corrected chi connectivity index (χ2v) is 3.88. The van der Waals surface area contributed by atoms with Gasteiger partial charge in [0.25, 0.3) is 0 Å². The van der Waals surface area contributed by atoms with Gasteiger partial charge in [0.2, 0.25) is 0 Å². The van der Waals surface area contributed by atoms with Crippen LogP contribution in [0.15, 0.2) is 21.0 Å². The lowest BCUT2D eigenvalue weighted by atomic mass is 10.5. The molecule has 70 valence electrons. The second kappa shape index (κ2) is 4.98. The number of carbonyl (C=O) groups is 1. The number of hydrogen-bond acceptors (Lipinski definition) is 3. The number of hydrogen-bond donors (Lipinski definition) is 2. The lowest BCUT2D eigenvalue weighted by Gasteiger charge is -1.94. The van der Waals surface area contributed by atoms with Crippen LogP contribution < -0.4 is 10.7 Å². The van der Waals surface area contributed by atoms with Gasteiger partial charge in [-0.15, -0.1) is 11.3 Å². The zero-order valence-corrected chi connectivity index (χ0v) is 9.28. The van der Waals surface area contributed by atoms with Crippen LogP contribution in [0, 0.1) is 0 Å².